The normalized spacial score (nSPS) is 10.9. The Morgan fingerprint density at radius 1 is 1.28 bits per heavy atom. The zero-order valence-corrected chi connectivity index (χ0v) is 9.87. The number of aromatic nitrogens is 3. The van der Waals surface area contributed by atoms with E-state index in [1.165, 1.54) is 10.9 Å². The summed E-state index contributed by atoms with van der Waals surface area (Å²) < 4.78 is 3.20. The molecular weight excluding hydrogens is 228 g/mol. The summed E-state index contributed by atoms with van der Waals surface area (Å²) in [6.07, 6.45) is 3.47. The van der Waals surface area contributed by atoms with Crippen molar-refractivity contribution in [3.05, 3.63) is 48.3 Å². The van der Waals surface area contributed by atoms with Gasteiger partial charge in [0.05, 0.1) is 6.20 Å². The summed E-state index contributed by atoms with van der Waals surface area (Å²) in [6, 6.07) is 9.12. The largest absolute Gasteiger partial charge is 0.383 e. The number of carbonyl (C=O) groups excluding carboxylic acids is 1. The maximum Gasteiger partial charge on any atom is 0.280 e. The van der Waals surface area contributed by atoms with E-state index in [0.717, 1.165) is 10.9 Å². The lowest BCUT2D eigenvalue weighted by atomic mass is 10.1. The molecule has 0 bridgehead atoms. The van der Waals surface area contributed by atoms with Crippen LogP contribution in [0.25, 0.3) is 10.9 Å². The van der Waals surface area contributed by atoms with Gasteiger partial charge in [0.25, 0.3) is 5.91 Å². The van der Waals surface area contributed by atoms with Crippen LogP contribution in [0.5, 0.6) is 0 Å². The van der Waals surface area contributed by atoms with E-state index in [2.05, 4.69) is 5.10 Å². The van der Waals surface area contributed by atoms with Crippen molar-refractivity contribution in [3.63, 3.8) is 0 Å². The van der Waals surface area contributed by atoms with Crippen molar-refractivity contribution < 1.29 is 4.79 Å². The fraction of sp³-hybridized carbons (Fsp3) is 0.0769. The van der Waals surface area contributed by atoms with Gasteiger partial charge in [0.1, 0.15) is 5.82 Å². The molecule has 0 fully saturated rings. The highest BCUT2D eigenvalue weighted by molar-refractivity contribution is 6.00. The lowest BCUT2D eigenvalue weighted by molar-refractivity contribution is 0.0948. The number of hydrogen-bond donors (Lipinski definition) is 1. The fourth-order valence-electron chi connectivity index (χ4n) is 2.02. The Morgan fingerprint density at radius 3 is 2.83 bits per heavy atom. The minimum Gasteiger partial charge on any atom is -0.383 e. The van der Waals surface area contributed by atoms with Crippen LogP contribution in [-0.4, -0.2) is 20.3 Å². The highest BCUT2D eigenvalue weighted by Crippen LogP contribution is 2.17. The SMILES string of the molecule is Cn1ccc2cc(C(=O)n3nccc3N)ccc21. The van der Waals surface area contributed by atoms with Gasteiger partial charge in [-0.05, 0) is 24.3 Å². The van der Waals surface area contributed by atoms with Gasteiger partial charge in [0.15, 0.2) is 0 Å². The molecule has 0 aliphatic heterocycles. The van der Waals surface area contributed by atoms with Gasteiger partial charge in [-0.15, -0.1) is 0 Å². The molecule has 0 saturated heterocycles. The molecule has 5 nitrogen and oxygen atoms in total. The van der Waals surface area contributed by atoms with E-state index >= 15 is 0 Å². The maximum absolute atomic E-state index is 12.2. The molecule has 0 amide bonds. The van der Waals surface area contributed by atoms with Gasteiger partial charge in [0, 0.05) is 35.8 Å². The summed E-state index contributed by atoms with van der Waals surface area (Å²) in [7, 11) is 1.97. The third-order valence-electron chi connectivity index (χ3n) is 3.00. The summed E-state index contributed by atoms with van der Waals surface area (Å²) in [5, 5.41) is 4.94. The molecule has 1 aromatic carbocycles. The van der Waals surface area contributed by atoms with Crippen molar-refractivity contribution in [2.75, 3.05) is 5.73 Å². The van der Waals surface area contributed by atoms with Crippen LogP contribution in [0, 0.1) is 0 Å². The summed E-state index contributed by atoms with van der Waals surface area (Å²) in [5.74, 6) is 0.122. The number of anilines is 1. The first-order valence-corrected chi connectivity index (χ1v) is 5.56. The summed E-state index contributed by atoms with van der Waals surface area (Å²) in [6.45, 7) is 0. The Hall–Kier alpha value is -2.56. The molecule has 90 valence electrons. The van der Waals surface area contributed by atoms with Crippen LogP contribution in [0.15, 0.2) is 42.7 Å². The Labute approximate surface area is 103 Å². The van der Waals surface area contributed by atoms with Crippen molar-refractivity contribution in [1.82, 2.24) is 14.3 Å². The third-order valence-corrected chi connectivity index (χ3v) is 3.00. The number of nitrogen functional groups attached to an aromatic ring is 1. The highest BCUT2D eigenvalue weighted by atomic mass is 16.2. The molecule has 18 heavy (non-hydrogen) atoms. The second kappa shape index (κ2) is 3.73. The quantitative estimate of drug-likeness (QED) is 0.703. The van der Waals surface area contributed by atoms with Crippen LogP contribution in [0.4, 0.5) is 5.82 Å². The molecule has 5 heteroatoms. The monoisotopic (exact) mass is 240 g/mol. The molecule has 0 aliphatic rings. The average Bonchev–Trinajstić information content (AvgIpc) is 2.95. The van der Waals surface area contributed by atoms with Gasteiger partial charge in [-0.1, -0.05) is 0 Å². The van der Waals surface area contributed by atoms with Gasteiger partial charge in [-0.3, -0.25) is 4.79 Å². The maximum atomic E-state index is 12.2. The average molecular weight is 240 g/mol. The summed E-state index contributed by atoms with van der Waals surface area (Å²) in [4.78, 5) is 12.2. The molecular formula is C13H12N4O. The first-order chi connectivity index (χ1) is 8.66. The Morgan fingerprint density at radius 2 is 2.11 bits per heavy atom. The number of nitrogens with zero attached hydrogens (tertiary/aromatic N) is 3. The molecule has 0 unspecified atom stereocenters. The zero-order valence-electron chi connectivity index (χ0n) is 9.87. The number of rotatable bonds is 1. The number of aryl methyl sites for hydroxylation is 1. The minimum absolute atomic E-state index is 0.219. The van der Waals surface area contributed by atoms with Crippen molar-refractivity contribution in [2.45, 2.75) is 0 Å². The van der Waals surface area contributed by atoms with E-state index in [4.69, 9.17) is 5.73 Å². The van der Waals surface area contributed by atoms with E-state index in [1.807, 2.05) is 36.0 Å². The molecule has 2 aromatic heterocycles. The summed E-state index contributed by atoms with van der Waals surface area (Å²) in [5.41, 5.74) is 7.33. The molecule has 3 aromatic rings. The second-order valence-electron chi connectivity index (χ2n) is 4.17. The van der Waals surface area contributed by atoms with Gasteiger partial charge in [-0.2, -0.15) is 9.78 Å². The Kier molecular flexibility index (Phi) is 2.19. The lowest BCUT2D eigenvalue weighted by Crippen LogP contribution is -2.15. The van der Waals surface area contributed by atoms with Crippen LogP contribution < -0.4 is 5.73 Å². The van der Waals surface area contributed by atoms with Gasteiger partial charge in [0.2, 0.25) is 0 Å². The van der Waals surface area contributed by atoms with E-state index < -0.39 is 0 Å². The van der Waals surface area contributed by atoms with Crippen molar-refractivity contribution in [2.24, 2.45) is 7.05 Å². The topological polar surface area (TPSA) is 65.8 Å². The number of hydrogen-bond acceptors (Lipinski definition) is 3. The van der Waals surface area contributed by atoms with Crippen LogP contribution >= 0.6 is 0 Å². The Bertz CT molecular complexity index is 738. The lowest BCUT2D eigenvalue weighted by Gasteiger charge is -2.03. The molecule has 0 atom stereocenters. The van der Waals surface area contributed by atoms with E-state index in [0.29, 0.717) is 11.4 Å². The predicted molar refractivity (Wildman–Crippen MR) is 69.3 cm³/mol. The Balaban J connectivity index is 2.10. The van der Waals surface area contributed by atoms with Gasteiger partial charge < -0.3 is 10.3 Å². The molecule has 3 rings (SSSR count). The minimum atomic E-state index is -0.219. The predicted octanol–water partition coefficient (Wildman–Crippen LogP) is 1.65. The first-order valence-electron chi connectivity index (χ1n) is 5.56. The smallest absolute Gasteiger partial charge is 0.280 e. The van der Waals surface area contributed by atoms with Crippen LogP contribution in [0.1, 0.15) is 10.4 Å². The number of carbonyl (C=O) groups is 1. The fourth-order valence-corrected chi connectivity index (χ4v) is 2.02. The van der Waals surface area contributed by atoms with Crippen molar-refractivity contribution in [3.8, 4) is 0 Å². The molecule has 0 radical (unpaired) electrons. The molecule has 2 N–H and O–H groups in total. The number of fused-ring (bicyclic) bond motifs is 1. The molecule has 2 heterocycles. The number of benzene rings is 1. The molecule has 0 spiro atoms. The van der Waals surface area contributed by atoms with Crippen LogP contribution in [0.3, 0.4) is 0 Å². The van der Waals surface area contributed by atoms with E-state index in [-0.39, 0.29) is 5.91 Å². The van der Waals surface area contributed by atoms with Crippen LogP contribution in [-0.2, 0) is 7.05 Å². The van der Waals surface area contributed by atoms with E-state index in [1.54, 1.807) is 12.1 Å². The van der Waals surface area contributed by atoms with Gasteiger partial charge >= 0.3 is 0 Å². The third kappa shape index (κ3) is 1.48. The standard InChI is InChI=1S/C13H12N4O/c1-16-7-5-9-8-10(2-3-11(9)16)13(18)17-12(14)4-6-15-17/h2-8H,14H2,1H3. The first kappa shape index (κ1) is 10.6. The van der Waals surface area contributed by atoms with Crippen molar-refractivity contribution in [1.29, 1.82) is 0 Å². The molecule has 0 saturated carbocycles. The second-order valence-corrected chi connectivity index (χ2v) is 4.17. The van der Waals surface area contributed by atoms with Crippen molar-refractivity contribution >= 4 is 22.6 Å². The molecule has 0 aliphatic carbocycles. The van der Waals surface area contributed by atoms with E-state index in [9.17, 15) is 4.79 Å². The van der Waals surface area contributed by atoms with Gasteiger partial charge in [-0.25, -0.2) is 0 Å². The highest BCUT2D eigenvalue weighted by Gasteiger charge is 2.12. The summed E-state index contributed by atoms with van der Waals surface area (Å²) >= 11 is 0. The van der Waals surface area contributed by atoms with Crippen LogP contribution in [0.2, 0.25) is 0 Å². The number of nitrogens with two attached hydrogens (primary N) is 1. The zero-order chi connectivity index (χ0) is 12.7.